The zero-order valence-electron chi connectivity index (χ0n) is 18.2. The Morgan fingerprint density at radius 1 is 1.13 bits per heavy atom. The van der Waals surface area contributed by atoms with Crippen molar-refractivity contribution in [2.24, 2.45) is 7.05 Å². The summed E-state index contributed by atoms with van der Waals surface area (Å²) < 4.78 is 6.92. The molecule has 1 fully saturated rings. The number of ether oxygens (including phenoxy) is 1. The second-order valence-corrected chi connectivity index (χ2v) is 8.07. The third-order valence-corrected chi connectivity index (χ3v) is 5.83. The van der Waals surface area contributed by atoms with Gasteiger partial charge in [0.05, 0.1) is 0 Å². The van der Waals surface area contributed by atoms with Gasteiger partial charge in [0.2, 0.25) is 5.78 Å². The van der Waals surface area contributed by atoms with E-state index in [9.17, 15) is 19.2 Å². The monoisotopic (exact) mass is 425 g/mol. The Balaban J connectivity index is 1.55. The predicted octanol–water partition coefficient (Wildman–Crippen LogP) is 2.31. The average molecular weight is 425 g/mol. The number of hydrogen-bond donors (Lipinski definition) is 1. The van der Waals surface area contributed by atoms with Crippen LogP contribution in [-0.2, 0) is 27.8 Å². The summed E-state index contributed by atoms with van der Waals surface area (Å²) in [5, 5.41) is 2.67. The summed E-state index contributed by atoms with van der Waals surface area (Å²) >= 11 is 0. The number of nitrogens with one attached hydrogen (secondary N) is 1. The van der Waals surface area contributed by atoms with Crippen molar-refractivity contribution in [2.45, 2.75) is 39.2 Å². The van der Waals surface area contributed by atoms with Crippen molar-refractivity contribution >= 4 is 23.7 Å². The molecule has 1 aromatic carbocycles. The first-order valence-corrected chi connectivity index (χ1v) is 10.1. The second kappa shape index (κ2) is 8.75. The van der Waals surface area contributed by atoms with Gasteiger partial charge in [-0.25, -0.2) is 4.79 Å². The molecule has 1 atom stereocenters. The lowest BCUT2D eigenvalue weighted by molar-refractivity contribution is -0.146. The number of benzene rings is 1. The van der Waals surface area contributed by atoms with E-state index in [1.54, 1.807) is 13.0 Å². The number of carbonyl (C=O) groups excluding carboxylic acids is 4. The second-order valence-electron chi connectivity index (χ2n) is 8.07. The van der Waals surface area contributed by atoms with Gasteiger partial charge in [-0.1, -0.05) is 30.3 Å². The molecule has 1 N–H and O–H groups in total. The number of Topliss-reactive ketones (excluding diaryl/α,β-unsaturated/α-hetero) is 1. The summed E-state index contributed by atoms with van der Waals surface area (Å²) in [4.78, 5) is 50.5. The summed E-state index contributed by atoms with van der Waals surface area (Å²) in [5.74, 6) is -1.62. The molecular weight excluding hydrogens is 398 g/mol. The molecule has 1 saturated heterocycles. The van der Waals surface area contributed by atoms with Crippen LogP contribution in [0.5, 0.6) is 0 Å². The SMILES string of the molecule is Cc1cc(C(=O)COC(=O)CN2C(=O)N[C@](C)(CCc3ccccc3)C2=O)c(C)n1C. The van der Waals surface area contributed by atoms with E-state index < -0.39 is 36.6 Å². The highest BCUT2D eigenvalue weighted by atomic mass is 16.5. The lowest BCUT2D eigenvalue weighted by atomic mass is 9.93. The van der Waals surface area contributed by atoms with Crippen LogP contribution in [0, 0.1) is 13.8 Å². The Hall–Kier alpha value is -3.42. The van der Waals surface area contributed by atoms with Gasteiger partial charge >= 0.3 is 12.0 Å². The summed E-state index contributed by atoms with van der Waals surface area (Å²) in [7, 11) is 1.85. The number of rotatable bonds is 8. The van der Waals surface area contributed by atoms with E-state index in [0.717, 1.165) is 21.9 Å². The van der Waals surface area contributed by atoms with Crippen molar-refractivity contribution in [3.8, 4) is 0 Å². The molecule has 3 amide bonds. The van der Waals surface area contributed by atoms with E-state index >= 15 is 0 Å². The predicted molar refractivity (Wildman–Crippen MR) is 114 cm³/mol. The molecule has 1 aliphatic heterocycles. The lowest BCUT2D eigenvalue weighted by Crippen LogP contribution is -2.44. The van der Waals surface area contributed by atoms with Gasteiger partial charge in [-0.2, -0.15) is 0 Å². The summed E-state index contributed by atoms with van der Waals surface area (Å²) in [6, 6.07) is 10.7. The Labute approximate surface area is 181 Å². The fraction of sp³-hybridized carbons (Fsp3) is 0.391. The molecule has 0 bridgehead atoms. The highest BCUT2D eigenvalue weighted by molar-refractivity contribution is 6.08. The maximum absolute atomic E-state index is 12.8. The topological polar surface area (TPSA) is 97.7 Å². The van der Waals surface area contributed by atoms with Gasteiger partial charge in [0.1, 0.15) is 12.1 Å². The number of nitrogens with zero attached hydrogens (tertiary/aromatic N) is 2. The smallest absolute Gasteiger partial charge is 0.326 e. The van der Waals surface area contributed by atoms with Crippen LogP contribution < -0.4 is 5.32 Å². The normalized spacial score (nSPS) is 18.3. The van der Waals surface area contributed by atoms with Crippen LogP contribution in [0.1, 0.15) is 40.7 Å². The van der Waals surface area contributed by atoms with Gasteiger partial charge in [-0.15, -0.1) is 0 Å². The average Bonchev–Trinajstić information content (AvgIpc) is 3.13. The zero-order valence-corrected chi connectivity index (χ0v) is 18.2. The van der Waals surface area contributed by atoms with Gasteiger partial charge in [-0.3, -0.25) is 19.3 Å². The molecule has 0 saturated carbocycles. The largest absolute Gasteiger partial charge is 0.456 e. The van der Waals surface area contributed by atoms with Crippen LogP contribution in [0.4, 0.5) is 4.79 Å². The van der Waals surface area contributed by atoms with E-state index in [1.807, 2.05) is 55.8 Å². The fourth-order valence-electron chi connectivity index (χ4n) is 3.64. The highest BCUT2D eigenvalue weighted by Crippen LogP contribution is 2.23. The molecule has 0 aliphatic carbocycles. The molecule has 2 heterocycles. The summed E-state index contributed by atoms with van der Waals surface area (Å²) in [6.45, 7) is 4.35. The minimum Gasteiger partial charge on any atom is -0.456 e. The van der Waals surface area contributed by atoms with E-state index in [-0.39, 0.29) is 5.78 Å². The number of hydrogen-bond acceptors (Lipinski definition) is 5. The molecule has 0 spiro atoms. The maximum atomic E-state index is 12.8. The zero-order chi connectivity index (χ0) is 22.8. The Kier molecular flexibility index (Phi) is 6.29. The maximum Gasteiger partial charge on any atom is 0.326 e. The molecule has 0 radical (unpaired) electrons. The van der Waals surface area contributed by atoms with E-state index in [4.69, 9.17) is 4.74 Å². The van der Waals surface area contributed by atoms with Crippen LogP contribution >= 0.6 is 0 Å². The van der Waals surface area contributed by atoms with Crippen LogP contribution in [0.15, 0.2) is 36.4 Å². The van der Waals surface area contributed by atoms with Gasteiger partial charge < -0.3 is 14.6 Å². The van der Waals surface area contributed by atoms with Crippen LogP contribution in [0.3, 0.4) is 0 Å². The van der Waals surface area contributed by atoms with E-state index in [2.05, 4.69) is 5.32 Å². The number of aromatic nitrogens is 1. The number of urea groups is 1. The highest BCUT2D eigenvalue weighted by Gasteiger charge is 2.48. The Morgan fingerprint density at radius 3 is 2.42 bits per heavy atom. The number of aryl methyl sites for hydroxylation is 2. The van der Waals surface area contributed by atoms with E-state index in [0.29, 0.717) is 18.4 Å². The number of esters is 1. The van der Waals surface area contributed by atoms with Crippen molar-refractivity contribution in [1.82, 2.24) is 14.8 Å². The third kappa shape index (κ3) is 4.68. The quantitative estimate of drug-likeness (QED) is 0.398. The lowest BCUT2D eigenvalue weighted by Gasteiger charge is -2.21. The molecule has 1 aliphatic rings. The minimum absolute atomic E-state index is 0.334. The summed E-state index contributed by atoms with van der Waals surface area (Å²) in [5.41, 5.74) is 2.13. The Morgan fingerprint density at radius 2 is 1.81 bits per heavy atom. The summed E-state index contributed by atoms with van der Waals surface area (Å²) in [6.07, 6.45) is 1.00. The number of amides is 3. The van der Waals surface area contributed by atoms with Gasteiger partial charge in [0.25, 0.3) is 5.91 Å². The minimum atomic E-state index is -1.10. The molecule has 2 aromatic rings. The molecular formula is C23H27N3O5. The van der Waals surface area contributed by atoms with E-state index in [1.165, 1.54) is 0 Å². The van der Waals surface area contributed by atoms with Gasteiger partial charge in [0, 0.05) is 24.0 Å². The molecule has 8 heteroatoms. The van der Waals surface area contributed by atoms with Crippen molar-refractivity contribution in [2.75, 3.05) is 13.2 Å². The number of carbonyl (C=O) groups is 4. The van der Waals surface area contributed by atoms with Crippen LogP contribution in [0.25, 0.3) is 0 Å². The van der Waals surface area contributed by atoms with Crippen molar-refractivity contribution < 1.29 is 23.9 Å². The first-order chi connectivity index (χ1) is 14.6. The molecule has 3 rings (SSSR count). The first-order valence-electron chi connectivity index (χ1n) is 10.1. The molecule has 1 aromatic heterocycles. The first kappa shape index (κ1) is 22.3. The van der Waals surface area contributed by atoms with Crippen molar-refractivity contribution in [3.05, 3.63) is 58.9 Å². The Bertz CT molecular complexity index is 1030. The molecule has 8 nitrogen and oxygen atoms in total. The van der Waals surface area contributed by atoms with Crippen molar-refractivity contribution in [3.63, 3.8) is 0 Å². The number of imide groups is 1. The molecule has 164 valence electrons. The molecule has 31 heavy (non-hydrogen) atoms. The standard InChI is InChI=1S/C23H27N3O5/c1-15-12-18(16(2)25(15)4)19(27)14-31-20(28)13-26-21(29)23(3,24-22(26)30)11-10-17-8-6-5-7-9-17/h5-9,12H,10-11,13-14H2,1-4H3,(H,24,30)/t23-/m1/s1. The van der Waals surface area contributed by atoms with Crippen molar-refractivity contribution in [1.29, 1.82) is 0 Å². The van der Waals surface area contributed by atoms with Gasteiger partial charge in [-0.05, 0) is 45.2 Å². The fourth-order valence-corrected chi connectivity index (χ4v) is 3.64. The van der Waals surface area contributed by atoms with Crippen LogP contribution in [0.2, 0.25) is 0 Å². The van der Waals surface area contributed by atoms with Gasteiger partial charge in [0.15, 0.2) is 6.61 Å². The molecule has 0 unspecified atom stereocenters. The van der Waals surface area contributed by atoms with Crippen LogP contribution in [-0.4, -0.2) is 51.8 Å². The third-order valence-electron chi connectivity index (χ3n) is 5.83. The number of ketones is 1.